The van der Waals surface area contributed by atoms with E-state index in [9.17, 15) is 57.5 Å². The van der Waals surface area contributed by atoms with Gasteiger partial charge in [0, 0.05) is 19.3 Å². The summed E-state index contributed by atoms with van der Waals surface area (Å²) in [5, 5.41) is 0. The Morgan fingerprint density at radius 1 is 0.500 bits per heavy atom. The molecule has 0 aliphatic rings. The topological polar surface area (TPSA) is 47.9 Å². The molecule has 0 aromatic rings. The van der Waals surface area contributed by atoms with Crippen molar-refractivity contribution in [3.8, 4) is 0 Å². The second kappa shape index (κ2) is 11.9. The highest BCUT2D eigenvalue weighted by Crippen LogP contribution is 2.38. The first-order chi connectivity index (χ1) is 15.4. The molecule has 0 saturated heterocycles. The van der Waals surface area contributed by atoms with Crippen molar-refractivity contribution in [2.45, 2.75) is 101 Å². The van der Waals surface area contributed by atoms with Gasteiger partial charge in [-0.1, -0.05) is 0 Å². The summed E-state index contributed by atoms with van der Waals surface area (Å²) < 4.78 is 171. The van der Waals surface area contributed by atoms with Crippen LogP contribution in [0.15, 0.2) is 0 Å². The van der Waals surface area contributed by atoms with Gasteiger partial charge >= 0.3 is 50.4 Å². The standard InChI is InChI=1S/C16H30F12O4Si4/c1-33(2,12-16(26,27)28)30-35(4,10-7-14(20,21)22)32-36(5,11-8-15(23,24)25)31-34(3,29)9-6-13(17,18)19/h29H,6-12H2,1-5H3. The maximum atomic E-state index is 13.0. The third kappa shape index (κ3) is 18.2. The number of hydrogen-bond donors (Lipinski definition) is 1. The molecule has 218 valence electrons. The van der Waals surface area contributed by atoms with Gasteiger partial charge in [0.05, 0.1) is 6.04 Å². The Bertz CT molecular complexity index is 697. The molecule has 20 heteroatoms. The van der Waals surface area contributed by atoms with Gasteiger partial charge in [-0.3, -0.25) is 0 Å². The molecule has 0 rings (SSSR count). The van der Waals surface area contributed by atoms with Gasteiger partial charge in [-0.15, -0.1) is 0 Å². The summed E-state index contributed by atoms with van der Waals surface area (Å²) in [7, 11) is -17.0. The van der Waals surface area contributed by atoms with Gasteiger partial charge in [-0.2, -0.15) is 52.7 Å². The van der Waals surface area contributed by atoms with Crippen LogP contribution in [-0.4, -0.2) is 63.5 Å². The molecule has 0 aliphatic carbocycles. The van der Waals surface area contributed by atoms with Gasteiger partial charge in [-0.25, -0.2) is 0 Å². The van der Waals surface area contributed by atoms with Gasteiger partial charge in [-0.05, 0) is 50.9 Å². The lowest BCUT2D eigenvalue weighted by Gasteiger charge is -2.43. The maximum Gasteiger partial charge on any atom is 0.389 e. The van der Waals surface area contributed by atoms with E-state index >= 15 is 0 Å². The molecule has 4 nitrogen and oxygen atoms in total. The summed E-state index contributed by atoms with van der Waals surface area (Å²) in [6.07, 6.45) is -23.9. The fraction of sp³-hybridized carbons (Fsp3) is 1.00. The Morgan fingerprint density at radius 2 is 0.833 bits per heavy atom. The van der Waals surface area contributed by atoms with Crippen molar-refractivity contribution in [3.05, 3.63) is 0 Å². The van der Waals surface area contributed by atoms with Gasteiger partial charge < -0.3 is 17.1 Å². The van der Waals surface area contributed by atoms with Crippen LogP contribution >= 0.6 is 0 Å². The second-order valence-corrected chi connectivity index (χ2v) is 24.4. The summed E-state index contributed by atoms with van der Waals surface area (Å²) >= 11 is 0. The molecule has 1 N–H and O–H groups in total. The van der Waals surface area contributed by atoms with Gasteiger partial charge in [0.15, 0.2) is 8.32 Å². The minimum atomic E-state index is -4.82. The molecule has 3 atom stereocenters. The van der Waals surface area contributed by atoms with Crippen LogP contribution < -0.4 is 0 Å². The molecule has 0 bridgehead atoms. The quantitative estimate of drug-likeness (QED) is 0.167. The van der Waals surface area contributed by atoms with E-state index < -0.39 is 102 Å². The second-order valence-electron chi connectivity index (χ2n) is 9.65. The number of alkyl halides is 12. The zero-order valence-electron chi connectivity index (χ0n) is 20.2. The Labute approximate surface area is 205 Å². The van der Waals surface area contributed by atoms with E-state index in [-0.39, 0.29) is 0 Å². The van der Waals surface area contributed by atoms with Crippen LogP contribution in [0.2, 0.25) is 56.9 Å². The summed E-state index contributed by atoms with van der Waals surface area (Å²) in [4.78, 5) is 10.4. The highest BCUT2D eigenvalue weighted by atomic mass is 28.5. The summed E-state index contributed by atoms with van der Waals surface area (Å²) in [6.45, 7) is 4.84. The van der Waals surface area contributed by atoms with Crippen LogP contribution in [0.25, 0.3) is 0 Å². The lowest BCUT2D eigenvalue weighted by molar-refractivity contribution is -0.132. The molecule has 36 heavy (non-hydrogen) atoms. The van der Waals surface area contributed by atoms with Crippen LogP contribution in [0.4, 0.5) is 52.7 Å². The van der Waals surface area contributed by atoms with Crippen LogP contribution in [-0.2, 0) is 12.3 Å². The molecule has 0 amide bonds. The third-order valence-electron chi connectivity index (χ3n) is 4.58. The van der Waals surface area contributed by atoms with Crippen molar-refractivity contribution in [1.82, 2.24) is 0 Å². The van der Waals surface area contributed by atoms with Crippen LogP contribution in [0.3, 0.4) is 0 Å². The van der Waals surface area contributed by atoms with E-state index in [2.05, 4.69) is 0 Å². The minimum Gasteiger partial charge on any atom is -0.436 e. The average molecular weight is 627 g/mol. The summed E-state index contributed by atoms with van der Waals surface area (Å²) in [6, 6.07) is -4.50. The molecule has 0 heterocycles. The maximum absolute atomic E-state index is 13.0. The van der Waals surface area contributed by atoms with Crippen LogP contribution in [0.5, 0.6) is 0 Å². The molecule has 0 aromatic carbocycles. The Morgan fingerprint density at radius 3 is 1.17 bits per heavy atom. The zero-order chi connectivity index (χ0) is 29.1. The van der Waals surface area contributed by atoms with Crippen molar-refractivity contribution >= 4 is 34.0 Å². The predicted molar refractivity (Wildman–Crippen MR) is 115 cm³/mol. The Balaban J connectivity index is 6.20. The van der Waals surface area contributed by atoms with E-state index in [1.165, 1.54) is 0 Å². The van der Waals surface area contributed by atoms with E-state index in [0.717, 1.165) is 32.7 Å². The van der Waals surface area contributed by atoms with Crippen LogP contribution in [0, 0.1) is 0 Å². The van der Waals surface area contributed by atoms with E-state index in [1.54, 1.807) is 0 Å². The highest BCUT2D eigenvalue weighted by molar-refractivity contribution is 6.89. The molecule has 0 radical (unpaired) electrons. The molecule has 0 aromatic heterocycles. The highest BCUT2D eigenvalue weighted by Gasteiger charge is 2.53. The normalized spacial score (nSPS) is 19.5. The molecule has 0 fully saturated rings. The van der Waals surface area contributed by atoms with E-state index in [1.807, 2.05) is 0 Å². The number of halogens is 12. The van der Waals surface area contributed by atoms with E-state index in [0.29, 0.717) is 0 Å². The minimum absolute atomic E-state index is 0.860. The SMILES string of the molecule is C[Si](C)(CC(F)(F)F)O[Si](C)(CCC(F)(F)F)O[Si](C)(CCC(F)(F)F)O[Si](C)(O)CCC(F)(F)F. The Hall–Kier alpha value is -0.132. The molecule has 0 spiro atoms. The predicted octanol–water partition coefficient (Wildman–Crippen LogP) is 7.87. The van der Waals surface area contributed by atoms with Gasteiger partial charge in [0.1, 0.15) is 0 Å². The van der Waals surface area contributed by atoms with Crippen molar-refractivity contribution in [2.24, 2.45) is 0 Å². The third-order valence-corrected chi connectivity index (χ3v) is 20.2. The monoisotopic (exact) mass is 626 g/mol. The van der Waals surface area contributed by atoms with Crippen LogP contribution in [0.1, 0.15) is 19.3 Å². The molecule has 0 aliphatic heterocycles. The molecule has 0 saturated carbocycles. The first kappa shape index (κ1) is 35.9. The van der Waals surface area contributed by atoms with Crippen molar-refractivity contribution in [2.75, 3.05) is 0 Å². The fourth-order valence-corrected chi connectivity index (χ4v) is 22.1. The summed E-state index contributed by atoms with van der Waals surface area (Å²) in [5.74, 6) is 0. The smallest absolute Gasteiger partial charge is 0.389 e. The number of hydrogen-bond acceptors (Lipinski definition) is 4. The average Bonchev–Trinajstić information content (AvgIpc) is 2.51. The van der Waals surface area contributed by atoms with E-state index in [4.69, 9.17) is 12.3 Å². The van der Waals surface area contributed by atoms with Crippen molar-refractivity contribution in [3.63, 3.8) is 0 Å². The number of rotatable bonds is 13. The molecule has 3 unspecified atom stereocenters. The zero-order valence-corrected chi connectivity index (χ0v) is 24.2. The van der Waals surface area contributed by atoms with Crippen molar-refractivity contribution in [1.29, 1.82) is 0 Å². The fourth-order valence-electron chi connectivity index (χ4n) is 3.43. The van der Waals surface area contributed by atoms with Gasteiger partial charge in [0.25, 0.3) is 0 Å². The molecular weight excluding hydrogens is 596 g/mol. The first-order valence-electron chi connectivity index (χ1n) is 10.5. The first-order valence-corrected chi connectivity index (χ1v) is 21.3. The Kier molecular flexibility index (Phi) is 11.9. The molecular formula is C16H30F12O4Si4. The lowest BCUT2D eigenvalue weighted by atomic mass is 10.5. The largest absolute Gasteiger partial charge is 0.436 e. The lowest BCUT2D eigenvalue weighted by Crippen LogP contribution is -2.60. The van der Waals surface area contributed by atoms with Crippen molar-refractivity contribution < 1.29 is 69.8 Å². The summed E-state index contributed by atoms with van der Waals surface area (Å²) in [5.41, 5.74) is 0. The van der Waals surface area contributed by atoms with Gasteiger partial charge in [0.2, 0.25) is 0 Å².